The van der Waals surface area contributed by atoms with Gasteiger partial charge in [-0.15, -0.1) is 0 Å². The first-order chi connectivity index (χ1) is 14.7. The van der Waals surface area contributed by atoms with Crippen LogP contribution in [0.3, 0.4) is 0 Å². The van der Waals surface area contributed by atoms with Crippen molar-refractivity contribution in [2.24, 2.45) is 5.92 Å². The van der Waals surface area contributed by atoms with Crippen molar-refractivity contribution >= 4 is 27.7 Å². The molecule has 1 aliphatic rings. The van der Waals surface area contributed by atoms with E-state index in [1.807, 2.05) is 48.7 Å². The number of carbonyl (C=O) groups is 1. The van der Waals surface area contributed by atoms with Crippen molar-refractivity contribution in [1.82, 2.24) is 20.5 Å². The molecule has 30 heavy (non-hydrogen) atoms. The van der Waals surface area contributed by atoms with Crippen molar-refractivity contribution in [2.75, 3.05) is 6.61 Å². The topological polar surface area (TPSA) is 90.9 Å². The lowest BCUT2D eigenvalue weighted by atomic mass is 9.85. The first kappa shape index (κ1) is 18.8. The number of fused-ring (bicyclic) bond motifs is 2. The predicted octanol–water partition coefficient (Wildman–Crippen LogP) is 4.06. The van der Waals surface area contributed by atoms with Crippen LogP contribution in [0.25, 0.3) is 33.1 Å². The van der Waals surface area contributed by atoms with Crippen LogP contribution < -0.4 is 5.32 Å². The number of amides is 1. The molecule has 6 heteroatoms. The maximum atomic E-state index is 12.9. The van der Waals surface area contributed by atoms with Gasteiger partial charge in [0.25, 0.3) is 5.91 Å². The van der Waals surface area contributed by atoms with E-state index in [9.17, 15) is 9.90 Å². The molecule has 1 saturated carbocycles. The van der Waals surface area contributed by atoms with Gasteiger partial charge in [0.2, 0.25) is 0 Å². The van der Waals surface area contributed by atoms with E-state index in [2.05, 4.69) is 26.6 Å². The Bertz CT molecular complexity index is 1220. The summed E-state index contributed by atoms with van der Waals surface area (Å²) in [4.78, 5) is 17.5. The number of pyridine rings is 1. The maximum Gasteiger partial charge on any atom is 0.251 e. The van der Waals surface area contributed by atoms with Crippen LogP contribution in [0.15, 0.2) is 54.7 Å². The summed E-state index contributed by atoms with van der Waals surface area (Å²) in [7, 11) is 0. The quantitative estimate of drug-likeness (QED) is 0.482. The van der Waals surface area contributed by atoms with E-state index >= 15 is 0 Å². The Labute approximate surface area is 174 Å². The van der Waals surface area contributed by atoms with Crippen LogP contribution in [0.4, 0.5) is 0 Å². The van der Waals surface area contributed by atoms with E-state index in [0.717, 1.165) is 58.7 Å². The Morgan fingerprint density at radius 3 is 2.90 bits per heavy atom. The first-order valence-corrected chi connectivity index (χ1v) is 10.5. The minimum absolute atomic E-state index is 0.0282. The van der Waals surface area contributed by atoms with E-state index in [0.29, 0.717) is 5.56 Å². The van der Waals surface area contributed by atoms with Gasteiger partial charge >= 0.3 is 0 Å². The van der Waals surface area contributed by atoms with Crippen LogP contribution in [0.1, 0.15) is 36.0 Å². The standard InChI is InChI=1S/C24H24N4O2/c29-14-17-6-2-4-8-21(17)26-24(30)16-9-10-22-19(12-16)23(28-27-22)18-11-15-5-1-3-7-20(15)25-13-18/h1,3,5,7,9-13,17,21,29H,2,4,6,8,14H2,(H,26,30)(H,27,28)/t17-,21-/m1/s1. The number of nitrogens with zero attached hydrogens (tertiary/aromatic N) is 2. The van der Waals surface area contributed by atoms with Gasteiger partial charge in [-0.25, -0.2) is 0 Å². The first-order valence-electron chi connectivity index (χ1n) is 10.5. The second kappa shape index (κ2) is 7.88. The third-order valence-electron chi connectivity index (χ3n) is 6.15. The van der Waals surface area contributed by atoms with Crippen molar-refractivity contribution < 1.29 is 9.90 Å². The highest BCUT2D eigenvalue weighted by atomic mass is 16.3. The zero-order valence-corrected chi connectivity index (χ0v) is 16.6. The lowest BCUT2D eigenvalue weighted by Crippen LogP contribution is -2.43. The van der Waals surface area contributed by atoms with Gasteiger partial charge in [-0.1, -0.05) is 31.0 Å². The van der Waals surface area contributed by atoms with Gasteiger partial charge in [-0.05, 0) is 43.2 Å². The van der Waals surface area contributed by atoms with Crippen LogP contribution >= 0.6 is 0 Å². The minimum Gasteiger partial charge on any atom is -0.396 e. The second-order valence-electron chi connectivity index (χ2n) is 8.06. The van der Waals surface area contributed by atoms with Gasteiger partial charge in [0.15, 0.2) is 0 Å². The normalized spacial score (nSPS) is 19.2. The van der Waals surface area contributed by atoms with Gasteiger partial charge in [0, 0.05) is 46.7 Å². The smallest absolute Gasteiger partial charge is 0.251 e. The largest absolute Gasteiger partial charge is 0.396 e. The second-order valence-corrected chi connectivity index (χ2v) is 8.06. The minimum atomic E-state index is -0.106. The zero-order chi connectivity index (χ0) is 20.5. The number of hydrogen-bond acceptors (Lipinski definition) is 4. The molecule has 0 radical (unpaired) electrons. The Kier molecular flexibility index (Phi) is 4.93. The van der Waals surface area contributed by atoms with Crippen molar-refractivity contribution in [2.45, 2.75) is 31.7 Å². The molecule has 3 N–H and O–H groups in total. The zero-order valence-electron chi connectivity index (χ0n) is 16.6. The fourth-order valence-electron chi connectivity index (χ4n) is 4.44. The van der Waals surface area contributed by atoms with Crippen LogP contribution in [-0.4, -0.2) is 38.8 Å². The summed E-state index contributed by atoms with van der Waals surface area (Å²) >= 11 is 0. The molecule has 4 aromatic rings. The Morgan fingerprint density at radius 1 is 1.13 bits per heavy atom. The Hall–Kier alpha value is -3.25. The van der Waals surface area contributed by atoms with Gasteiger partial charge in [-0.2, -0.15) is 5.10 Å². The third-order valence-corrected chi connectivity index (χ3v) is 6.15. The number of aromatic amines is 1. The molecule has 2 atom stereocenters. The van der Waals surface area contributed by atoms with Gasteiger partial charge in [-0.3, -0.25) is 14.9 Å². The summed E-state index contributed by atoms with van der Waals surface area (Å²) in [5.74, 6) is 0.0330. The van der Waals surface area contributed by atoms with E-state index < -0.39 is 0 Å². The number of benzene rings is 2. The number of H-pyrrole nitrogens is 1. The van der Waals surface area contributed by atoms with Crippen molar-refractivity contribution in [1.29, 1.82) is 0 Å². The molecule has 5 rings (SSSR count). The van der Waals surface area contributed by atoms with Gasteiger partial charge < -0.3 is 10.4 Å². The molecule has 1 aliphatic carbocycles. The number of hydrogen-bond donors (Lipinski definition) is 3. The third kappa shape index (κ3) is 3.44. The molecule has 1 amide bonds. The fraction of sp³-hybridized carbons (Fsp3) is 0.292. The molecule has 2 aromatic heterocycles. The van der Waals surface area contributed by atoms with Crippen molar-refractivity contribution in [3.8, 4) is 11.3 Å². The lowest BCUT2D eigenvalue weighted by Gasteiger charge is -2.30. The lowest BCUT2D eigenvalue weighted by molar-refractivity contribution is 0.0872. The fourth-order valence-corrected chi connectivity index (χ4v) is 4.44. The van der Waals surface area contributed by atoms with Crippen molar-refractivity contribution in [3.05, 3.63) is 60.3 Å². The molecule has 0 spiro atoms. The maximum absolute atomic E-state index is 12.9. The highest BCUT2D eigenvalue weighted by Gasteiger charge is 2.26. The number of aliphatic hydroxyl groups excluding tert-OH is 1. The van der Waals surface area contributed by atoms with Crippen LogP contribution in [0, 0.1) is 5.92 Å². The molecule has 6 nitrogen and oxygen atoms in total. The molecule has 0 bridgehead atoms. The number of carbonyl (C=O) groups excluding carboxylic acids is 1. The molecule has 0 aliphatic heterocycles. The summed E-state index contributed by atoms with van der Waals surface area (Å²) in [5.41, 5.74) is 4.10. The van der Waals surface area contributed by atoms with Crippen molar-refractivity contribution in [3.63, 3.8) is 0 Å². The van der Waals surface area contributed by atoms with E-state index in [4.69, 9.17) is 0 Å². The Morgan fingerprint density at radius 2 is 2.00 bits per heavy atom. The molecule has 1 fully saturated rings. The van der Waals surface area contributed by atoms with E-state index in [-0.39, 0.29) is 24.5 Å². The highest BCUT2D eigenvalue weighted by Crippen LogP contribution is 2.29. The molecule has 0 unspecified atom stereocenters. The average molecular weight is 400 g/mol. The van der Waals surface area contributed by atoms with E-state index in [1.165, 1.54) is 0 Å². The number of para-hydroxylation sites is 1. The predicted molar refractivity (Wildman–Crippen MR) is 117 cm³/mol. The summed E-state index contributed by atoms with van der Waals surface area (Å²) in [6.45, 7) is 0.116. The number of rotatable bonds is 4. The molecular formula is C24H24N4O2. The SMILES string of the molecule is O=C(N[C@@H]1CCCC[C@@H]1CO)c1ccc2[nH]nc(-c3cnc4ccccc4c3)c2c1. The monoisotopic (exact) mass is 400 g/mol. The van der Waals surface area contributed by atoms with Gasteiger partial charge in [0.05, 0.1) is 11.0 Å². The number of aliphatic hydroxyl groups is 1. The molecule has 152 valence electrons. The molecule has 2 aromatic carbocycles. The van der Waals surface area contributed by atoms with Crippen LogP contribution in [-0.2, 0) is 0 Å². The molecule has 2 heterocycles. The summed E-state index contributed by atoms with van der Waals surface area (Å²) in [6, 6.07) is 15.7. The summed E-state index contributed by atoms with van der Waals surface area (Å²) in [6.07, 6.45) is 5.89. The highest BCUT2D eigenvalue weighted by molar-refractivity contribution is 6.02. The Balaban J connectivity index is 1.47. The molecule has 0 saturated heterocycles. The number of nitrogens with one attached hydrogen (secondary N) is 2. The summed E-state index contributed by atoms with van der Waals surface area (Å²) in [5, 5.41) is 22.2. The van der Waals surface area contributed by atoms with Crippen LogP contribution in [0.2, 0.25) is 0 Å². The van der Waals surface area contributed by atoms with Crippen LogP contribution in [0.5, 0.6) is 0 Å². The van der Waals surface area contributed by atoms with E-state index in [1.54, 1.807) is 0 Å². The number of aromatic nitrogens is 3. The molecular weight excluding hydrogens is 376 g/mol. The summed E-state index contributed by atoms with van der Waals surface area (Å²) < 4.78 is 0. The van der Waals surface area contributed by atoms with Gasteiger partial charge in [0.1, 0.15) is 5.69 Å². The average Bonchev–Trinajstić information content (AvgIpc) is 3.22.